The van der Waals surface area contributed by atoms with Gasteiger partial charge in [-0.05, 0) is 43.3 Å². The Labute approximate surface area is 162 Å². The monoisotopic (exact) mass is 393 g/mol. The first kappa shape index (κ1) is 20.8. The first-order valence-electron chi connectivity index (χ1n) is 8.36. The molecule has 0 unspecified atom stereocenters. The van der Waals surface area contributed by atoms with E-state index in [2.05, 4.69) is 16.0 Å². The molecule has 0 saturated carbocycles. The number of benzene rings is 2. The number of hydrogen-bond acceptors (Lipinski definition) is 4. The Morgan fingerprint density at radius 1 is 1.11 bits per heavy atom. The van der Waals surface area contributed by atoms with Gasteiger partial charge in [-0.15, -0.1) is 12.4 Å². The number of halogens is 2. The Balaban J connectivity index is 0.00000261. The van der Waals surface area contributed by atoms with Crippen LogP contribution in [0.4, 0.5) is 15.8 Å². The minimum absolute atomic E-state index is 0. The Bertz CT molecular complexity index is 818. The van der Waals surface area contributed by atoms with Gasteiger partial charge in [0, 0.05) is 23.5 Å². The molecule has 2 atom stereocenters. The largest absolute Gasteiger partial charge is 0.375 e. The standard InChI is InChI=1S/C19H20FN3O3.ClH/c1-12-17(21-8-9-26-12)19(25)23-15-6-2-4-13(10-15)18(24)22-16-7-3-5-14(20)11-16;/h2-7,10-12,17,21H,8-9H2,1H3,(H,22,24)(H,23,25);1H/t12-,17+;/m1./s1. The Kier molecular flexibility index (Phi) is 7.29. The molecule has 1 aliphatic heterocycles. The van der Waals surface area contributed by atoms with Crippen molar-refractivity contribution < 1.29 is 18.7 Å². The SMILES string of the molecule is C[C@H]1OCCN[C@@H]1C(=O)Nc1cccc(C(=O)Nc2cccc(F)c2)c1.Cl. The molecule has 1 aliphatic rings. The molecule has 0 spiro atoms. The molecule has 8 heteroatoms. The average molecular weight is 394 g/mol. The predicted octanol–water partition coefficient (Wildman–Crippen LogP) is 2.82. The first-order chi connectivity index (χ1) is 12.5. The molecule has 3 N–H and O–H groups in total. The van der Waals surface area contributed by atoms with Gasteiger partial charge in [-0.25, -0.2) is 4.39 Å². The zero-order chi connectivity index (χ0) is 18.5. The van der Waals surface area contributed by atoms with Crippen molar-refractivity contribution in [1.82, 2.24) is 5.32 Å². The normalized spacial score (nSPS) is 18.9. The van der Waals surface area contributed by atoms with E-state index in [-0.39, 0.29) is 30.3 Å². The summed E-state index contributed by atoms with van der Waals surface area (Å²) in [5.41, 5.74) is 1.22. The summed E-state index contributed by atoms with van der Waals surface area (Å²) >= 11 is 0. The fraction of sp³-hybridized carbons (Fsp3) is 0.263. The molecular weight excluding hydrogens is 373 g/mol. The summed E-state index contributed by atoms with van der Waals surface area (Å²) in [6.07, 6.45) is -0.233. The van der Waals surface area contributed by atoms with Crippen LogP contribution in [0.15, 0.2) is 48.5 Å². The molecule has 0 bridgehead atoms. The minimum atomic E-state index is -0.450. The first-order valence-corrected chi connectivity index (χ1v) is 8.36. The number of carbonyl (C=O) groups excluding carboxylic acids is 2. The molecule has 0 radical (unpaired) electrons. The number of rotatable bonds is 4. The van der Waals surface area contributed by atoms with Crippen molar-refractivity contribution in [2.24, 2.45) is 0 Å². The van der Waals surface area contributed by atoms with Crippen LogP contribution in [-0.4, -0.2) is 37.1 Å². The molecule has 1 fully saturated rings. The third kappa shape index (κ3) is 5.50. The van der Waals surface area contributed by atoms with Crippen LogP contribution >= 0.6 is 12.4 Å². The molecule has 1 heterocycles. The highest BCUT2D eigenvalue weighted by Gasteiger charge is 2.28. The lowest BCUT2D eigenvalue weighted by molar-refractivity contribution is -0.123. The highest BCUT2D eigenvalue weighted by Crippen LogP contribution is 2.15. The van der Waals surface area contributed by atoms with Crippen LogP contribution in [0.2, 0.25) is 0 Å². The van der Waals surface area contributed by atoms with E-state index >= 15 is 0 Å². The number of hydrogen-bond donors (Lipinski definition) is 3. The van der Waals surface area contributed by atoms with Crippen molar-refractivity contribution in [2.45, 2.75) is 19.1 Å². The molecule has 0 aromatic heterocycles. The highest BCUT2D eigenvalue weighted by atomic mass is 35.5. The Hall–Kier alpha value is -2.48. The lowest BCUT2D eigenvalue weighted by Gasteiger charge is -2.29. The van der Waals surface area contributed by atoms with Crippen LogP contribution in [-0.2, 0) is 9.53 Å². The highest BCUT2D eigenvalue weighted by molar-refractivity contribution is 6.05. The van der Waals surface area contributed by atoms with E-state index in [1.165, 1.54) is 18.2 Å². The Morgan fingerprint density at radius 2 is 1.81 bits per heavy atom. The molecule has 2 aromatic rings. The number of ether oxygens (including phenoxy) is 1. The summed E-state index contributed by atoms with van der Waals surface area (Å²) < 4.78 is 18.7. The third-order valence-corrected chi connectivity index (χ3v) is 4.07. The van der Waals surface area contributed by atoms with Gasteiger partial charge in [-0.3, -0.25) is 9.59 Å². The molecule has 1 saturated heterocycles. The second-order valence-electron chi connectivity index (χ2n) is 6.04. The third-order valence-electron chi connectivity index (χ3n) is 4.07. The van der Waals surface area contributed by atoms with Crippen molar-refractivity contribution in [3.05, 3.63) is 59.9 Å². The minimum Gasteiger partial charge on any atom is -0.375 e. The smallest absolute Gasteiger partial charge is 0.255 e. The van der Waals surface area contributed by atoms with E-state index in [1.54, 1.807) is 30.3 Å². The van der Waals surface area contributed by atoms with Gasteiger partial charge in [0.2, 0.25) is 5.91 Å². The molecular formula is C19H21ClFN3O3. The maximum Gasteiger partial charge on any atom is 0.255 e. The second kappa shape index (κ2) is 9.45. The van der Waals surface area contributed by atoms with Gasteiger partial charge >= 0.3 is 0 Å². The van der Waals surface area contributed by atoms with E-state index in [9.17, 15) is 14.0 Å². The fourth-order valence-electron chi connectivity index (χ4n) is 2.76. The van der Waals surface area contributed by atoms with Gasteiger partial charge in [0.05, 0.1) is 12.7 Å². The van der Waals surface area contributed by atoms with Crippen LogP contribution in [0.1, 0.15) is 17.3 Å². The van der Waals surface area contributed by atoms with Crippen molar-refractivity contribution in [3.63, 3.8) is 0 Å². The number of morpholine rings is 1. The average Bonchev–Trinajstić information content (AvgIpc) is 2.62. The van der Waals surface area contributed by atoms with Crippen molar-refractivity contribution in [3.8, 4) is 0 Å². The van der Waals surface area contributed by atoms with Crippen LogP contribution in [0, 0.1) is 5.82 Å². The summed E-state index contributed by atoms with van der Waals surface area (Å²) in [7, 11) is 0. The Morgan fingerprint density at radius 3 is 2.52 bits per heavy atom. The van der Waals surface area contributed by atoms with Crippen molar-refractivity contribution >= 4 is 35.6 Å². The number of nitrogens with one attached hydrogen (secondary N) is 3. The molecule has 2 amide bonds. The number of amides is 2. The molecule has 6 nitrogen and oxygen atoms in total. The lowest BCUT2D eigenvalue weighted by Crippen LogP contribution is -2.53. The molecule has 144 valence electrons. The number of anilines is 2. The summed E-state index contributed by atoms with van der Waals surface area (Å²) in [6.45, 7) is 3.01. The predicted molar refractivity (Wildman–Crippen MR) is 104 cm³/mol. The van der Waals surface area contributed by atoms with E-state index < -0.39 is 11.9 Å². The van der Waals surface area contributed by atoms with Crippen molar-refractivity contribution in [2.75, 3.05) is 23.8 Å². The summed E-state index contributed by atoms with van der Waals surface area (Å²) in [5, 5.41) is 8.53. The second-order valence-corrected chi connectivity index (χ2v) is 6.04. The van der Waals surface area contributed by atoms with Crippen LogP contribution < -0.4 is 16.0 Å². The maximum absolute atomic E-state index is 13.2. The molecule has 0 aliphatic carbocycles. The summed E-state index contributed by atoms with van der Waals surface area (Å²) in [5.74, 6) is -1.04. The van der Waals surface area contributed by atoms with E-state index in [4.69, 9.17) is 4.74 Å². The van der Waals surface area contributed by atoms with E-state index in [0.717, 1.165) is 0 Å². The van der Waals surface area contributed by atoms with Crippen molar-refractivity contribution in [1.29, 1.82) is 0 Å². The number of carbonyl (C=O) groups is 2. The van der Waals surface area contributed by atoms with Gasteiger partial charge in [-0.2, -0.15) is 0 Å². The molecule has 2 aromatic carbocycles. The van der Waals surface area contributed by atoms with Gasteiger partial charge < -0.3 is 20.7 Å². The molecule has 27 heavy (non-hydrogen) atoms. The van der Waals surface area contributed by atoms with Gasteiger partial charge in [0.25, 0.3) is 5.91 Å². The van der Waals surface area contributed by atoms with Crippen LogP contribution in [0.5, 0.6) is 0 Å². The van der Waals surface area contributed by atoms with E-state index in [1.807, 2.05) is 6.92 Å². The van der Waals surface area contributed by atoms with E-state index in [0.29, 0.717) is 30.1 Å². The van der Waals surface area contributed by atoms with Gasteiger partial charge in [0.15, 0.2) is 0 Å². The van der Waals surface area contributed by atoms with Crippen LogP contribution in [0.3, 0.4) is 0 Å². The van der Waals surface area contributed by atoms with Crippen LogP contribution in [0.25, 0.3) is 0 Å². The lowest BCUT2D eigenvalue weighted by atomic mass is 10.1. The molecule has 3 rings (SSSR count). The quantitative estimate of drug-likeness (QED) is 0.746. The zero-order valence-corrected chi connectivity index (χ0v) is 15.5. The summed E-state index contributed by atoms with van der Waals surface area (Å²) in [6, 6.07) is 11.8. The fourth-order valence-corrected chi connectivity index (χ4v) is 2.76. The zero-order valence-electron chi connectivity index (χ0n) is 14.7. The summed E-state index contributed by atoms with van der Waals surface area (Å²) in [4.78, 5) is 24.7. The van der Waals surface area contributed by atoms with Gasteiger partial charge in [-0.1, -0.05) is 12.1 Å². The van der Waals surface area contributed by atoms with Gasteiger partial charge in [0.1, 0.15) is 11.9 Å². The maximum atomic E-state index is 13.2. The topological polar surface area (TPSA) is 79.5 Å².